The molecule has 1 aromatic heterocycles. The highest BCUT2D eigenvalue weighted by Gasteiger charge is 2.33. The Hall–Kier alpha value is -4.00. The first-order valence-corrected chi connectivity index (χ1v) is 11.0. The van der Waals surface area contributed by atoms with Gasteiger partial charge < -0.3 is 9.47 Å². The second-order valence-electron chi connectivity index (χ2n) is 9.21. The van der Waals surface area contributed by atoms with Crippen molar-refractivity contribution in [2.24, 2.45) is 5.10 Å². The van der Waals surface area contributed by atoms with Gasteiger partial charge in [-0.2, -0.15) is 5.01 Å². The summed E-state index contributed by atoms with van der Waals surface area (Å²) in [6.07, 6.45) is 0.986. The lowest BCUT2D eigenvalue weighted by Gasteiger charge is -2.19. The Labute approximate surface area is 199 Å². The first-order valence-electron chi connectivity index (χ1n) is 11.0. The van der Waals surface area contributed by atoms with Crippen LogP contribution in [0.1, 0.15) is 66.7 Å². The van der Waals surface area contributed by atoms with Gasteiger partial charge in [0.05, 0.1) is 5.56 Å². The van der Waals surface area contributed by atoms with E-state index in [2.05, 4.69) is 30.9 Å². The normalized spacial score (nSPS) is 15.5. The van der Waals surface area contributed by atoms with E-state index in [1.54, 1.807) is 42.6 Å². The first-order chi connectivity index (χ1) is 16.1. The average molecular weight is 458 g/mol. The van der Waals surface area contributed by atoms with E-state index in [4.69, 9.17) is 9.47 Å². The van der Waals surface area contributed by atoms with Gasteiger partial charge in [-0.3, -0.25) is 9.78 Å². The molecule has 2 heterocycles. The third-order valence-electron chi connectivity index (χ3n) is 5.48. The van der Waals surface area contributed by atoms with Gasteiger partial charge in [-0.1, -0.05) is 32.9 Å². The summed E-state index contributed by atoms with van der Waals surface area (Å²) in [4.78, 5) is 28.9. The highest BCUT2D eigenvalue weighted by molar-refractivity contribution is 5.96. The van der Waals surface area contributed by atoms with E-state index in [0.717, 1.165) is 16.8 Å². The molecule has 1 amide bonds. The monoisotopic (exact) mass is 457 g/mol. The van der Waals surface area contributed by atoms with Gasteiger partial charge in [-0.25, -0.2) is 4.79 Å². The second-order valence-corrected chi connectivity index (χ2v) is 9.21. The Morgan fingerprint density at radius 3 is 2.21 bits per heavy atom. The van der Waals surface area contributed by atoms with Crippen molar-refractivity contribution in [3.05, 3.63) is 94.8 Å². The molecule has 4 rings (SSSR count). The van der Waals surface area contributed by atoms with Crippen LogP contribution < -0.4 is 4.74 Å². The molecule has 0 saturated carbocycles. The molecular formula is C27H27N3O4. The molecule has 0 bridgehead atoms. The van der Waals surface area contributed by atoms with Crippen molar-refractivity contribution < 1.29 is 19.1 Å². The van der Waals surface area contributed by atoms with Crippen molar-refractivity contribution in [1.29, 1.82) is 0 Å². The van der Waals surface area contributed by atoms with E-state index in [0.29, 0.717) is 22.8 Å². The molecule has 1 aliphatic rings. The number of esters is 1. The maximum atomic E-state index is 12.5. The topological polar surface area (TPSA) is 81.1 Å². The Balaban J connectivity index is 1.46. The molecule has 0 N–H and O–H groups in total. The maximum Gasteiger partial charge on any atom is 0.343 e. The molecule has 0 fully saturated rings. The molecule has 2 aromatic carbocycles. The summed E-state index contributed by atoms with van der Waals surface area (Å²) in [7, 11) is 0. The van der Waals surface area contributed by atoms with E-state index in [-0.39, 0.29) is 11.3 Å². The molecule has 1 atom stereocenters. The van der Waals surface area contributed by atoms with Crippen molar-refractivity contribution in [2.75, 3.05) is 0 Å². The summed E-state index contributed by atoms with van der Waals surface area (Å²) in [5, 5.41) is 5.64. The van der Waals surface area contributed by atoms with Crippen LogP contribution >= 0.6 is 0 Å². The lowest BCUT2D eigenvalue weighted by atomic mass is 9.87. The number of carbonyl (C=O) groups is 2. The molecule has 1 aliphatic heterocycles. The fourth-order valence-corrected chi connectivity index (χ4v) is 3.46. The number of carbonyl (C=O) groups excluding carboxylic acids is 2. The minimum atomic E-state index is -0.686. The molecule has 3 aromatic rings. The Bertz CT molecular complexity index is 1220. The van der Waals surface area contributed by atoms with Crippen molar-refractivity contribution in [3.8, 4) is 5.75 Å². The smallest absolute Gasteiger partial charge is 0.343 e. The van der Waals surface area contributed by atoms with Crippen LogP contribution in [0, 0.1) is 6.92 Å². The minimum Gasteiger partial charge on any atom is -0.446 e. The molecule has 174 valence electrons. The summed E-state index contributed by atoms with van der Waals surface area (Å²) in [6.45, 7) is 9.68. The predicted molar refractivity (Wildman–Crippen MR) is 128 cm³/mol. The quantitative estimate of drug-likeness (QED) is 0.400. The van der Waals surface area contributed by atoms with E-state index in [1.165, 1.54) is 11.9 Å². The third-order valence-corrected chi connectivity index (χ3v) is 5.48. The number of aromatic nitrogens is 1. The minimum absolute atomic E-state index is 0.0102. The van der Waals surface area contributed by atoms with Gasteiger partial charge in [0.1, 0.15) is 5.75 Å². The number of benzene rings is 2. The zero-order valence-electron chi connectivity index (χ0n) is 19.9. The van der Waals surface area contributed by atoms with Gasteiger partial charge >= 0.3 is 5.97 Å². The van der Waals surface area contributed by atoms with Crippen molar-refractivity contribution >= 4 is 17.8 Å². The summed E-state index contributed by atoms with van der Waals surface area (Å²) < 4.78 is 11.5. The Morgan fingerprint density at radius 2 is 1.65 bits per heavy atom. The number of hydrogen-bond donors (Lipinski definition) is 0. The van der Waals surface area contributed by atoms with Crippen LogP contribution in [0.3, 0.4) is 0 Å². The fraction of sp³-hybridized carbons (Fsp3) is 0.259. The second kappa shape index (κ2) is 9.09. The van der Waals surface area contributed by atoms with Crippen LogP contribution in [0.2, 0.25) is 0 Å². The Morgan fingerprint density at radius 1 is 0.971 bits per heavy atom. The average Bonchev–Trinajstić information content (AvgIpc) is 3.25. The summed E-state index contributed by atoms with van der Waals surface area (Å²) in [5.74, 6) is 0.0207. The molecule has 0 radical (unpaired) electrons. The van der Waals surface area contributed by atoms with Crippen LogP contribution in [0.4, 0.5) is 0 Å². The maximum absolute atomic E-state index is 12.5. The van der Waals surface area contributed by atoms with E-state index < -0.39 is 12.2 Å². The van der Waals surface area contributed by atoms with Gasteiger partial charge in [0.2, 0.25) is 18.0 Å². The lowest BCUT2D eigenvalue weighted by Crippen LogP contribution is -2.25. The summed E-state index contributed by atoms with van der Waals surface area (Å²) in [6, 6.07) is 17.9. The predicted octanol–water partition coefficient (Wildman–Crippen LogP) is 5.15. The number of ether oxygens (including phenoxy) is 2. The first kappa shape index (κ1) is 23.2. The highest BCUT2D eigenvalue weighted by atomic mass is 16.5. The van der Waals surface area contributed by atoms with Crippen molar-refractivity contribution in [1.82, 2.24) is 9.99 Å². The van der Waals surface area contributed by atoms with Gasteiger partial charge in [0, 0.05) is 29.9 Å². The summed E-state index contributed by atoms with van der Waals surface area (Å²) in [5.41, 5.74) is 3.88. The SMILES string of the molecule is CC(=O)N1N=C(c2ccc(OC(=O)c3ccc(C(C)(C)C)cc3)cc2)OC1c1ccc(C)nc1. The van der Waals surface area contributed by atoms with E-state index >= 15 is 0 Å². The van der Waals surface area contributed by atoms with Crippen LogP contribution in [-0.4, -0.2) is 27.8 Å². The van der Waals surface area contributed by atoms with Crippen LogP contribution in [-0.2, 0) is 14.9 Å². The largest absolute Gasteiger partial charge is 0.446 e. The van der Waals surface area contributed by atoms with Gasteiger partial charge in [-0.05, 0) is 66.4 Å². The van der Waals surface area contributed by atoms with Crippen molar-refractivity contribution in [2.45, 2.75) is 46.3 Å². The number of aryl methyl sites for hydroxylation is 1. The zero-order chi connectivity index (χ0) is 24.5. The number of rotatable bonds is 4. The Kier molecular flexibility index (Phi) is 6.20. The van der Waals surface area contributed by atoms with E-state index in [1.807, 2.05) is 31.2 Å². The van der Waals surface area contributed by atoms with Crippen molar-refractivity contribution in [3.63, 3.8) is 0 Å². The van der Waals surface area contributed by atoms with E-state index in [9.17, 15) is 9.59 Å². The molecule has 7 nitrogen and oxygen atoms in total. The third kappa shape index (κ3) is 4.98. The molecule has 0 saturated heterocycles. The molecule has 34 heavy (non-hydrogen) atoms. The number of amides is 1. The number of nitrogens with zero attached hydrogens (tertiary/aromatic N) is 3. The lowest BCUT2D eigenvalue weighted by molar-refractivity contribution is -0.135. The zero-order valence-corrected chi connectivity index (χ0v) is 19.9. The van der Waals surface area contributed by atoms with Gasteiger partial charge in [0.25, 0.3) is 0 Å². The molecule has 1 unspecified atom stereocenters. The van der Waals surface area contributed by atoms with Crippen LogP contribution in [0.25, 0.3) is 0 Å². The van der Waals surface area contributed by atoms with Gasteiger partial charge in [0.15, 0.2) is 0 Å². The standard InChI is InChI=1S/C27H27N3O4/c1-17-6-7-21(16-28-17)25-30(18(2)31)29-24(34-25)19-10-14-23(15-11-19)33-26(32)20-8-12-22(13-9-20)27(3,4)5/h6-16,25H,1-5H3. The molecule has 0 spiro atoms. The highest BCUT2D eigenvalue weighted by Crippen LogP contribution is 2.30. The fourth-order valence-electron chi connectivity index (χ4n) is 3.46. The van der Waals surface area contributed by atoms with Crippen LogP contribution in [0.5, 0.6) is 5.75 Å². The van der Waals surface area contributed by atoms with Crippen LogP contribution in [0.15, 0.2) is 72.0 Å². The molecule has 7 heteroatoms. The number of pyridine rings is 1. The number of hydrogen-bond acceptors (Lipinski definition) is 6. The molecule has 0 aliphatic carbocycles. The molecular weight excluding hydrogens is 430 g/mol. The van der Waals surface area contributed by atoms with Gasteiger partial charge in [-0.15, -0.1) is 5.10 Å². The summed E-state index contributed by atoms with van der Waals surface area (Å²) >= 11 is 0. The number of hydrazone groups is 1.